The van der Waals surface area contributed by atoms with Gasteiger partial charge in [-0.15, -0.1) is 0 Å². The lowest BCUT2D eigenvalue weighted by atomic mass is 10.1. The van der Waals surface area contributed by atoms with E-state index in [0.717, 1.165) is 22.3 Å². The highest BCUT2D eigenvalue weighted by molar-refractivity contribution is 5.81. The number of halogens is 1. The molecule has 0 spiro atoms. The first-order valence-corrected chi connectivity index (χ1v) is 7.29. The summed E-state index contributed by atoms with van der Waals surface area (Å²) >= 11 is 0. The van der Waals surface area contributed by atoms with Crippen LogP contribution in [0.15, 0.2) is 36.7 Å². The predicted molar refractivity (Wildman–Crippen MR) is 84.9 cm³/mol. The van der Waals surface area contributed by atoms with Crippen LogP contribution < -0.4 is 4.74 Å². The average molecular weight is 315 g/mol. The maximum atomic E-state index is 13.1. The zero-order valence-electron chi connectivity index (χ0n) is 13.2. The van der Waals surface area contributed by atoms with Gasteiger partial charge in [-0.25, -0.2) is 9.50 Å². The molecule has 0 aliphatic rings. The van der Waals surface area contributed by atoms with E-state index in [1.165, 1.54) is 12.3 Å². The fourth-order valence-corrected chi connectivity index (χ4v) is 2.36. The Morgan fingerprint density at radius 1 is 1.30 bits per heavy atom. The van der Waals surface area contributed by atoms with E-state index in [2.05, 4.69) is 10.1 Å². The molecule has 0 unspecified atom stereocenters. The van der Waals surface area contributed by atoms with E-state index in [-0.39, 0.29) is 6.61 Å². The van der Waals surface area contributed by atoms with E-state index in [4.69, 9.17) is 4.74 Å². The first-order valence-electron chi connectivity index (χ1n) is 7.29. The minimum atomic E-state index is -0.941. The monoisotopic (exact) mass is 315 g/mol. The van der Waals surface area contributed by atoms with E-state index in [1.54, 1.807) is 30.6 Å². The van der Waals surface area contributed by atoms with Gasteiger partial charge in [0.1, 0.15) is 12.4 Å². The number of nitrogens with zero attached hydrogens (tertiary/aromatic N) is 3. The number of hydrogen-bond acceptors (Lipinski definition) is 4. The summed E-state index contributed by atoms with van der Waals surface area (Å²) in [5.74, 6) is 0.0894. The van der Waals surface area contributed by atoms with Crippen molar-refractivity contribution in [1.29, 1.82) is 0 Å². The summed E-state index contributed by atoms with van der Waals surface area (Å²) < 4.78 is 20.6. The molecule has 3 rings (SSSR count). The van der Waals surface area contributed by atoms with Crippen LogP contribution in [0.4, 0.5) is 4.39 Å². The van der Waals surface area contributed by atoms with Crippen molar-refractivity contribution in [2.24, 2.45) is 0 Å². The van der Waals surface area contributed by atoms with Crippen LogP contribution in [0.2, 0.25) is 0 Å². The van der Waals surface area contributed by atoms with Gasteiger partial charge in [0.2, 0.25) is 5.95 Å². The normalized spacial score (nSPS) is 11.9. The van der Waals surface area contributed by atoms with E-state index in [0.29, 0.717) is 5.75 Å². The van der Waals surface area contributed by atoms with Gasteiger partial charge in [-0.1, -0.05) is 0 Å². The van der Waals surface area contributed by atoms with Crippen LogP contribution in [-0.2, 0) is 0 Å². The number of aromatic nitrogens is 3. The highest BCUT2D eigenvalue weighted by atomic mass is 19.1. The predicted octanol–water partition coefficient (Wildman–Crippen LogP) is 2.99. The van der Waals surface area contributed by atoms with Gasteiger partial charge in [0.15, 0.2) is 0 Å². The number of aryl methyl sites for hydroxylation is 1. The highest BCUT2D eigenvalue weighted by Gasteiger charge is 2.17. The lowest BCUT2D eigenvalue weighted by molar-refractivity contribution is 0.0281. The molecule has 0 bridgehead atoms. The maximum absolute atomic E-state index is 13.1. The van der Waals surface area contributed by atoms with Crippen LogP contribution >= 0.6 is 0 Å². The van der Waals surface area contributed by atoms with Crippen molar-refractivity contribution in [3.63, 3.8) is 0 Å². The van der Waals surface area contributed by atoms with E-state index in [1.807, 2.05) is 19.1 Å². The zero-order chi connectivity index (χ0) is 16.6. The maximum Gasteiger partial charge on any atom is 0.212 e. The Morgan fingerprint density at radius 2 is 2.09 bits per heavy atom. The van der Waals surface area contributed by atoms with Crippen molar-refractivity contribution in [3.05, 3.63) is 48.3 Å². The Balaban J connectivity index is 2.11. The van der Waals surface area contributed by atoms with Crippen LogP contribution in [0.3, 0.4) is 0 Å². The first-order chi connectivity index (χ1) is 10.8. The van der Waals surface area contributed by atoms with Crippen molar-refractivity contribution in [1.82, 2.24) is 14.6 Å². The van der Waals surface area contributed by atoms with Gasteiger partial charge < -0.3 is 9.84 Å². The van der Waals surface area contributed by atoms with Gasteiger partial charge in [-0.3, -0.25) is 0 Å². The SMILES string of the molecule is Cc1c(OCC(C)(C)O)cc(-c2ccc(F)nc2)c2ccnn12. The minimum Gasteiger partial charge on any atom is -0.489 e. The molecule has 3 heterocycles. The molecule has 0 aliphatic carbocycles. The number of rotatable bonds is 4. The minimum absolute atomic E-state index is 0.154. The quantitative estimate of drug-likeness (QED) is 0.752. The summed E-state index contributed by atoms with van der Waals surface area (Å²) in [6.45, 7) is 5.41. The lowest BCUT2D eigenvalue weighted by Crippen LogP contribution is -2.28. The molecule has 0 amide bonds. The Hall–Kier alpha value is -2.47. The third kappa shape index (κ3) is 3.17. The van der Waals surface area contributed by atoms with Gasteiger partial charge in [0.05, 0.1) is 23.0 Å². The molecule has 120 valence electrons. The lowest BCUT2D eigenvalue weighted by Gasteiger charge is -2.20. The largest absolute Gasteiger partial charge is 0.489 e. The first kappa shape index (κ1) is 15.4. The standard InChI is InChI=1S/C17H18FN3O2/c1-11-15(23-10-17(2,3)22)8-13(14-6-7-20-21(11)14)12-4-5-16(18)19-9-12/h4-9,22H,10H2,1-3H3. The van der Waals surface area contributed by atoms with Gasteiger partial charge in [0, 0.05) is 17.3 Å². The topological polar surface area (TPSA) is 59.7 Å². The molecule has 0 saturated carbocycles. The molecule has 0 fully saturated rings. The third-order valence-electron chi connectivity index (χ3n) is 3.49. The van der Waals surface area contributed by atoms with Crippen LogP contribution in [0.25, 0.3) is 16.6 Å². The summed E-state index contributed by atoms with van der Waals surface area (Å²) in [5.41, 5.74) is 2.37. The van der Waals surface area contributed by atoms with Gasteiger partial charge in [0.25, 0.3) is 0 Å². The van der Waals surface area contributed by atoms with Crippen LogP contribution in [-0.4, -0.2) is 31.9 Å². The van der Waals surface area contributed by atoms with Gasteiger partial charge in [-0.05, 0) is 45.0 Å². The number of pyridine rings is 2. The summed E-state index contributed by atoms with van der Waals surface area (Å²) in [4.78, 5) is 3.71. The second-order valence-electron chi connectivity index (χ2n) is 6.11. The molecule has 23 heavy (non-hydrogen) atoms. The summed E-state index contributed by atoms with van der Waals surface area (Å²) in [6.07, 6.45) is 3.18. The Kier molecular flexibility index (Phi) is 3.77. The fourth-order valence-electron chi connectivity index (χ4n) is 2.36. The number of fused-ring (bicyclic) bond motifs is 1. The molecule has 3 aromatic heterocycles. The molecule has 0 radical (unpaired) electrons. The average Bonchev–Trinajstić information content (AvgIpc) is 2.97. The Labute approximate surface area is 133 Å². The molecular weight excluding hydrogens is 297 g/mol. The molecule has 1 N–H and O–H groups in total. The van der Waals surface area contributed by atoms with E-state index < -0.39 is 11.5 Å². The summed E-state index contributed by atoms with van der Waals surface area (Å²) in [7, 11) is 0. The highest BCUT2D eigenvalue weighted by Crippen LogP contribution is 2.31. The van der Waals surface area contributed by atoms with Crippen LogP contribution in [0.1, 0.15) is 19.5 Å². The fraction of sp³-hybridized carbons (Fsp3) is 0.294. The third-order valence-corrected chi connectivity index (χ3v) is 3.49. The number of ether oxygens (including phenoxy) is 1. The van der Waals surface area contributed by atoms with Crippen molar-refractivity contribution in [2.45, 2.75) is 26.4 Å². The van der Waals surface area contributed by atoms with Crippen molar-refractivity contribution < 1.29 is 14.2 Å². The van der Waals surface area contributed by atoms with Crippen LogP contribution in [0.5, 0.6) is 5.75 Å². The smallest absolute Gasteiger partial charge is 0.212 e. The molecule has 0 aromatic carbocycles. The van der Waals surface area contributed by atoms with Gasteiger partial charge in [-0.2, -0.15) is 9.49 Å². The Bertz CT molecular complexity index is 835. The van der Waals surface area contributed by atoms with Crippen molar-refractivity contribution in [3.8, 4) is 16.9 Å². The molecule has 0 atom stereocenters. The molecule has 3 aromatic rings. The van der Waals surface area contributed by atoms with Crippen molar-refractivity contribution >= 4 is 5.52 Å². The molecular formula is C17H18FN3O2. The summed E-state index contributed by atoms with van der Waals surface area (Å²) in [5, 5.41) is 14.2. The van der Waals surface area contributed by atoms with Crippen molar-refractivity contribution in [2.75, 3.05) is 6.61 Å². The zero-order valence-corrected chi connectivity index (χ0v) is 13.2. The molecule has 0 aliphatic heterocycles. The molecule has 6 heteroatoms. The van der Waals surface area contributed by atoms with E-state index in [9.17, 15) is 9.50 Å². The van der Waals surface area contributed by atoms with Gasteiger partial charge >= 0.3 is 0 Å². The molecule has 5 nitrogen and oxygen atoms in total. The van der Waals surface area contributed by atoms with Crippen LogP contribution in [0, 0.1) is 12.9 Å². The number of aliphatic hydroxyl groups is 1. The van der Waals surface area contributed by atoms with E-state index >= 15 is 0 Å². The molecule has 0 saturated heterocycles. The second kappa shape index (κ2) is 5.62. The second-order valence-corrected chi connectivity index (χ2v) is 6.11. The Morgan fingerprint density at radius 3 is 2.74 bits per heavy atom. The number of hydrogen-bond donors (Lipinski definition) is 1. The summed E-state index contributed by atoms with van der Waals surface area (Å²) in [6, 6.07) is 6.73.